The van der Waals surface area contributed by atoms with E-state index in [4.69, 9.17) is 9.84 Å². The fourth-order valence-corrected chi connectivity index (χ4v) is 3.74. The van der Waals surface area contributed by atoms with Gasteiger partial charge in [-0.25, -0.2) is 19.3 Å². The van der Waals surface area contributed by atoms with Crippen LogP contribution in [0.1, 0.15) is 18.4 Å². The van der Waals surface area contributed by atoms with Gasteiger partial charge in [-0.05, 0) is 48.7 Å². The Labute approximate surface area is 189 Å². The first-order valence-electron chi connectivity index (χ1n) is 10.3. The molecular weight excluding hydrogens is 456 g/mol. The van der Waals surface area contributed by atoms with Crippen molar-refractivity contribution in [3.63, 3.8) is 0 Å². The number of aromatic nitrogens is 4. The third-order valence-corrected chi connectivity index (χ3v) is 5.71. The molecule has 0 spiro atoms. The number of carboxylic acids is 1. The average molecular weight is 472 g/mol. The van der Waals surface area contributed by atoms with Gasteiger partial charge in [-0.15, -0.1) is 0 Å². The Bertz CT molecular complexity index is 1380. The van der Waals surface area contributed by atoms with Crippen molar-refractivity contribution in [3.05, 3.63) is 60.2 Å². The molecule has 2 heterocycles. The third kappa shape index (κ3) is 4.16. The number of alkyl halides is 3. The van der Waals surface area contributed by atoms with Crippen molar-refractivity contribution >= 4 is 17.0 Å². The molecule has 4 aromatic rings. The number of nitrogens with one attached hydrogen (secondary N) is 1. The van der Waals surface area contributed by atoms with E-state index in [9.17, 15) is 22.4 Å². The molecule has 2 N–H and O–H groups in total. The second-order valence-electron chi connectivity index (χ2n) is 8.01. The van der Waals surface area contributed by atoms with Gasteiger partial charge in [-0.1, -0.05) is 6.07 Å². The number of halogens is 4. The molecule has 7 nitrogen and oxygen atoms in total. The lowest BCUT2D eigenvalue weighted by atomic mass is 9.82. The Morgan fingerprint density at radius 3 is 2.44 bits per heavy atom. The van der Waals surface area contributed by atoms with Crippen LogP contribution in [-0.2, 0) is 11.0 Å². The molecule has 174 valence electrons. The number of hydrogen-bond acceptors (Lipinski definition) is 5. The highest BCUT2D eigenvalue weighted by atomic mass is 19.4. The Hall–Kier alpha value is -4.02. The van der Waals surface area contributed by atoms with Gasteiger partial charge in [0.15, 0.2) is 0 Å². The smallest absolute Gasteiger partial charge is 0.416 e. The van der Waals surface area contributed by atoms with E-state index in [1.54, 1.807) is 6.07 Å². The predicted molar refractivity (Wildman–Crippen MR) is 112 cm³/mol. The highest BCUT2D eigenvalue weighted by Crippen LogP contribution is 2.33. The Morgan fingerprint density at radius 2 is 1.79 bits per heavy atom. The van der Waals surface area contributed by atoms with Crippen LogP contribution in [0, 0.1) is 11.7 Å². The number of carbonyl (C=O) groups is 1. The summed E-state index contributed by atoms with van der Waals surface area (Å²) in [7, 11) is 0. The zero-order valence-electron chi connectivity index (χ0n) is 17.3. The van der Waals surface area contributed by atoms with Gasteiger partial charge in [0.05, 0.1) is 28.1 Å². The number of rotatable bonds is 5. The first kappa shape index (κ1) is 21.8. The third-order valence-electron chi connectivity index (χ3n) is 5.71. The summed E-state index contributed by atoms with van der Waals surface area (Å²) < 4.78 is 59.2. The topological polar surface area (TPSA) is 101 Å². The number of H-pyrrole nitrogens is 1. The molecule has 0 bridgehead atoms. The van der Waals surface area contributed by atoms with Crippen molar-refractivity contribution in [1.29, 1.82) is 0 Å². The summed E-state index contributed by atoms with van der Waals surface area (Å²) in [5.74, 6) is -1.78. The highest BCUT2D eigenvalue weighted by Gasteiger charge is 2.36. The van der Waals surface area contributed by atoms with E-state index in [1.165, 1.54) is 30.6 Å². The van der Waals surface area contributed by atoms with Crippen LogP contribution in [0.15, 0.2) is 48.8 Å². The number of imidazole rings is 1. The van der Waals surface area contributed by atoms with Crippen LogP contribution in [0.5, 0.6) is 6.01 Å². The van der Waals surface area contributed by atoms with Gasteiger partial charge < -0.3 is 14.8 Å². The van der Waals surface area contributed by atoms with E-state index in [-0.39, 0.29) is 29.0 Å². The number of fused-ring (bicyclic) bond motifs is 1. The van der Waals surface area contributed by atoms with Crippen LogP contribution in [0.4, 0.5) is 17.6 Å². The van der Waals surface area contributed by atoms with Crippen LogP contribution < -0.4 is 4.74 Å². The van der Waals surface area contributed by atoms with Crippen LogP contribution >= 0.6 is 0 Å². The molecule has 5 rings (SSSR count). The molecule has 0 atom stereocenters. The van der Waals surface area contributed by atoms with Gasteiger partial charge in [-0.3, -0.25) is 4.79 Å². The SMILES string of the molecule is O=C(O)[C@H]1C[C@H](Oc2ncc(-c3ccc(-c4nc5cc(C(F)(F)F)ccc5[nH]4)c(F)c3)cn2)C1. The number of aromatic amines is 1. The first-order valence-corrected chi connectivity index (χ1v) is 10.3. The summed E-state index contributed by atoms with van der Waals surface area (Å²) in [6.45, 7) is 0. The molecule has 1 aliphatic carbocycles. The standard InChI is InChI=1S/C23H16F4N4O3/c24-17-7-11(13-9-28-22(29-10-13)34-15-5-12(6-15)21(32)33)1-3-16(17)20-30-18-4-2-14(23(25,26)27)8-19(18)31-20/h1-4,7-10,12,15H,5-6H2,(H,30,31)(H,32,33)/t12-,15-. The van der Waals surface area contributed by atoms with Crippen molar-refractivity contribution in [2.45, 2.75) is 25.1 Å². The number of nitrogens with zero attached hydrogens (tertiary/aromatic N) is 3. The minimum Gasteiger partial charge on any atom is -0.481 e. The van der Waals surface area contributed by atoms with Crippen molar-refractivity contribution in [2.75, 3.05) is 0 Å². The fourth-order valence-electron chi connectivity index (χ4n) is 3.74. The number of aliphatic carboxylic acids is 1. The number of ether oxygens (including phenoxy) is 1. The number of hydrogen-bond donors (Lipinski definition) is 2. The molecule has 1 aliphatic rings. The average Bonchev–Trinajstić information content (AvgIpc) is 3.18. The quantitative estimate of drug-likeness (QED) is 0.393. The molecule has 0 amide bonds. The maximum atomic E-state index is 14.9. The first-order chi connectivity index (χ1) is 16.2. The zero-order chi connectivity index (χ0) is 24.0. The second kappa shape index (κ2) is 8.08. The lowest BCUT2D eigenvalue weighted by Gasteiger charge is -2.31. The van der Waals surface area contributed by atoms with Gasteiger partial charge in [-0.2, -0.15) is 13.2 Å². The molecule has 0 aliphatic heterocycles. The van der Waals surface area contributed by atoms with Crippen LogP contribution in [0.2, 0.25) is 0 Å². The van der Waals surface area contributed by atoms with Crippen LogP contribution in [0.3, 0.4) is 0 Å². The molecule has 2 aromatic heterocycles. The lowest BCUT2D eigenvalue weighted by Crippen LogP contribution is -2.38. The summed E-state index contributed by atoms with van der Waals surface area (Å²) in [6, 6.07) is 7.56. The molecule has 1 fully saturated rings. The molecular formula is C23H16F4N4O3. The van der Waals surface area contributed by atoms with Gasteiger partial charge in [0.1, 0.15) is 17.7 Å². The summed E-state index contributed by atoms with van der Waals surface area (Å²) in [5.41, 5.74) is 0.717. The second-order valence-corrected chi connectivity index (χ2v) is 8.01. The van der Waals surface area contributed by atoms with Crippen LogP contribution in [0.25, 0.3) is 33.5 Å². The summed E-state index contributed by atoms with van der Waals surface area (Å²) >= 11 is 0. The van der Waals surface area contributed by atoms with Gasteiger partial charge in [0.2, 0.25) is 0 Å². The minimum absolute atomic E-state index is 0.0819. The van der Waals surface area contributed by atoms with Gasteiger partial charge in [0, 0.05) is 18.0 Å². The Morgan fingerprint density at radius 1 is 1.06 bits per heavy atom. The van der Waals surface area contributed by atoms with E-state index in [0.717, 1.165) is 12.1 Å². The van der Waals surface area contributed by atoms with Crippen molar-refractivity contribution in [3.8, 4) is 28.5 Å². The summed E-state index contributed by atoms with van der Waals surface area (Å²) in [4.78, 5) is 26.0. The molecule has 0 saturated heterocycles. The maximum Gasteiger partial charge on any atom is 0.416 e. The lowest BCUT2D eigenvalue weighted by molar-refractivity contribution is -0.148. The normalized spacial score (nSPS) is 18.0. The molecule has 2 aromatic carbocycles. The fraction of sp³-hybridized carbons (Fsp3) is 0.217. The molecule has 1 saturated carbocycles. The largest absolute Gasteiger partial charge is 0.481 e. The molecule has 34 heavy (non-hydrogen) atoms. The van der Waals surface area contributed by atoms with E-state index in [0.29, 0.717) is 29.5 Å². The predicted octanol–water partition coefficient (Wildman–Crippen LogP) is 5.09. The summed E-state index contributed by atoms with van der Waals surface area (Å²) in [5, 5.41) is 8.91. The maximum absolute atomic E-state index is 14.9. The Balaban J connectivity index is 1.33. The zero-order valence-corrected chi connectivity index (χ0v) is 17.3. The van der Waals surface area contributed by atoms with Crippen molar-refractivity contribution in [2.24, 2.45) is 5.92 Å². The van der Waals surface area contributed by atoms with Gasteiger partial charge >= 0.3 is 18.2 Å². The van der Waals surface area contributed by atoms with Crippen molar-refractivity contribution < 1.29 is 32.2 Å². The van der Waals surface area contributed by atoms with E-state index in [2.05, 4.69) is 19.9 Å². The minimum atomic E-state index is -4.50. The van der Waals surface area contributed by atoms with Crippen molar-refractivity contribution in [1.82, 2.24) is 19.9 Å². The molecule has 0 radical (unpaired) electrons. The number of benzene rings is 2. The van der Waals surface area contributed by atoms with E-state index in [1.807, 2.05) is 0 Å². The highest BCUT2D eigenvalue weighted by molar-refractivity contribution is 5.80. The van der Waals surface area contributed by atoms with Gasteiger partial charge in [0.25, 0.3) is 0 Å². The van der Waals surface area contributed by atoms with E-state index < -0.39 is 29.4 Å². The monoisotopic (exact) mass is 472 g/mol. The molecule has 0 unspecified atom stereocenters. The summed E-state index contributed by atoms with van der Waals surface area (Å²) in [6.07, 6.45) is -1.03. The number of carboxylic acid groups (broad SMARTS) is 1. The van der Waals surface area contributed by atoms with E-state index >= 15 is 0 Å². The van der Waals surface area contributed by atoms with Crippen LogP contribution in [-0.4, -0.2) is 37.1 Å². The Kier molecular flexibility index (Phi) is 5.18. The molecule has 11 heteroatoms.